The molecule has 1 unspecified atom stereocenters. The van der Waals surface area contributed by atoms with Crippen LogP contribution in [0.4, 0.5) is 0 Å². The third kappa shape index (κ3) is 3.98. The van der Waals surface area contributed by atoms with E-state index in [1.165, 1.54) is 0 Å². The van der Waals surface area contributed by atoms with Crippen LogP contribution in [0.15, 0.2) is 90.1 Å². The highest BCUT2D eigenvalue weighted by atomic mass is 16.3. The van der Waals surface area contributed by atoms with E-state index in [0.717, 1.165) is 22.1 Å². The highest BCUT2D eigenvalue weighted by molar-refractivity contribution is 5.95. The maximum atomic E-state index is 12.5. The minimum absolute atomic E-state index is 0.154. The van der Waals surface area contributed by atoms with Crippen LogP contribution in [-0.4, -0.2) is 15.5 Å². The van der Waals surface area contributed by atoms with Crippen molar-refractivity contribution in [2.45, 2.75) is 12.6 Å². The van der Waals surface area contributed by atoms with Crippen LogP contribution >= 0.6 is 0 Å². The molecule has 0 radical (unpaired) electrons. The van der Waals surface area contributed by atoms with Gasteiger partial charge in [-0.1, -0.05) is 48.5 Å². The maximum absolute atomic E-state index is 12.5. The summed E-state index contributed by atoms with van der Waals surface area (Å²) in [6.07, 6.45) is 10.3. The molecular formula is C22H19N3O2. The Morgan fingerprint density at radius 3 is 2.78 bits per heavy atom. The lowest BCUT2D eigenvalue weighted by atomic mass is 10.1. The largest absolute Gasteiger partial charge is 0.464 e. The van der Waals surface area contributed by atoms with Gasteiger partial charge in [-0.25, -0.2) is 4.98 Å². The monoisotopic (exact) mass is 357 g/mol. The van der Waals surface area contributed by atoms with Crippen molar-refractivity contribution in [3.63, 3.8) is 0 Å². The molecule has 2 aromatic carbocycles. The second-order valence-corrected chi connectivity index (χ2v) is 6.25. The lowest BCUT2D eigenvalue weighted by Gasteiger charge is -2.19. The van der Waals surface area contributed by atoms with E-state index in [-0.39, 0.29) is 11.9 Å². The maximum Gasteiger partial charge on any atom is 0.244 e. The van der Waals surface area contributed by atoms with Crippen molar-refractivity contribution in [3.8, 4) is 0 Å². The van der Waals surface area contributed by atoms with Gasteiger partial charge in [0, 0.05) is 36.0 Å². The molecule has 0 aliphatic rings. The Labute approximate surface area is 157 Å². The Morgan fingerprint density at radius 1 is 1.15 bits per heavy atom. The van der Waals surface area contributed by atoms with E-state index in [2.05, 4.69) is 10.3 Å². The number of para-hydroxylation sites is 1. The van der Waals surface area contributed by atoms with Crippen molar-refractivity contribution >= 4 is 23.0 Å². The Morgan fingerprint density at radius 2 is 1.96 bits per heavy atom. The summed E-state index contributed by atoms with van der Waals surface area (Å²) < 4.78 is 7.46. The first-order chi connectivity index (χ1) is 13.3. The molecule has 0 fully saturated rings. The lowest BCUT2D eigenvalue weighted by molar-refractivity contribution is -0.117. The standard InChI is InChI=1S/C22H19N3O2/c26-22(11-10-18-15-27-21-9-5-4-8-19(18)21)24-20(14-25-13-12-23-16-25)17-6-2-1-3-7-17/h1-13,15-16,20H,14H2,(H,24,26)/b11-10+. The van der Waals surface area contributed by atoms with E-state index in [4.69, 9.17) is 4.42 Å². The summed E-state index contributed by atoms with van der Waals surface area (Å²) in [5.41, 5.74) is 2.73. The first-order valence-corrected chi connectivity index (χ1v) is 8.75. The van der Waals surface area contributed by atoms with Gasteiger partial charge in [-0.05, 0) is 17.7 Å². The van der Waals surface area contributed by atoms with Gasteiger partial charge in [-0.2, -0.15) is 0 Å². The number of hydrogen-bond donors (Lipinski definition) is 1. The predicted molar refractivity (Wildman–Crippen MR) is 105 cm³/mol. The lowest BCUT2D eigenvalue weighted by Crippen LogP contribution is -2.29. The van der Waals surface area contributed by atoms with Gasteiger partial charge in [-0.15, -0.1) is 0 Å². The number of amides is 1. The molecule has 5 heteroatoms. The molecule has 0 spiro atoms. The molecule has 2 aromatic heterocycles. The molecule has 1 N–H and O–H groups in total. The number of nitrogens with one attached hydrogen (secondary N) is 1. The molecule has 134 valence electrons. The highest BCUT2D eigenvalue weighted by Gasteiger charge is 2.14. The fourth-order valence-corrected chi connectivity index (χ4v) is 3.04. The molecule has 5 nitrogen and oxygen atoms in total. The van der Waals surface area contributed by atoms with Crippen LogP contribution in [0.5, 0.6) is 0 Å². The van der Waals surface area contributed by atoms with Crippen molar-refractivity contribution in [3.05, 3.63) is 96.8 Å². The molecule has 2 heterocycles. The minimum atomic E-state index is -0.158. The zero-order valence-corrected chi connectivity index (χ0v) is 14.7. The van der Waals surface area contributed by atoms with Crippen LogP contribution in [-0.2, 0) is 11.3 Å². The fraction of sp³-hybridized carbons (Fsp3) is 0.0909. The zero-order valence-electron chi connectivity index (χ0n) is 14.7. The number of imidazole rings is 1. The van der Waals surface area contributed by atoms with Gasteiger partial charge in [0.15, 0.2) is 0 Å². The number of rotatable bonds is 6. The van der Waals surface area contributed by atoms with E-state index in [1.54, 1.807) is 30.9 Å². The fourth-order valence-electron chi connectivity index (χ4n) is 3.04. The average molecular weight is 357 g/mol. The first-order valence-electron chi connectivity index (χ1n) is 8.75. The number of furan rings is 1. The van der Waals surface area contributed by atoms with Gasteiger partial charge in [0.05, 0.1) is 18.6 Å². The van der Waals surface area contributed by atoms with E-state index in [1.807, 2.05) is 65.4 Å². The topological polar surface area (TPSA) is 60.1 Å². The Hall–Kier alpha value is -3.60. The number of carbonyl (C=O) groups is 1. The summed E-state index contributed by atoms with van der Waals surface area (Å²) in [6.45, 7) is 0.609. The van der Waals surface area contributed by atoms with Crippen LogP contribution in [0, 0.1) is 0 Å². The summed E-state index contributed by atoms with van der Waals surface area (Å²) in [5, 5.41) is 4.06. The molecule has 1 atom stereocenters. The number of aromatic nitrogens is 2. The van der Waals surface area contributed by atoms with Gasteiger partial charge in [0.2, 0.25) is 5.91 Å². The molecule has 1 amide bonds. The molecule has 0 aliphatic heterocycles. The minimum Gasteiger partial charge on any atom is -0.464 e. The summed E-state index contributed by atoms with van der Waals surface area (Å²) >= 11 is 0. The molecule has 4 rings (SSSR count). The van der Waals surface area contributed by atoms with Crippen LogP contribution in [0.1, 0.15) is 17.2 Å². The Kier molecular flexibility index (Phi) is 4.83. The molecule has 0 saturated carbocycles. The van der Waals surface area contributed by atoms with Crippen molar-refractivity contribution in [2.75, 3.05) is 0 Å². The Bertz CT molecular complexity index is 1050. The van der Waals surface area contributed by atoms with Crippen molar-refractivity contribution in [2.24, 2.45) is 0 Å². The summed E-state index contributed by atoms with van der Waals surface area (Å²) in [7, 11) is 0. The molecule has 0 aliphatic carbocycles. The molecule has 0 saturated heterocycles. The number of fused-ring (bicyclic) bond motifs is 1. The van der Waals surface area contributed by atoms with Gasteiger partial charge in [0.1, 0.15) is 5.58 Å². The Balaban J connectivity index is 1.51. The van der Waals surface area contributed by atoms with Gasteiger partial charge < -0.3 is 14.3 Å². The van der Waals surface area contributed by atoms with Crippen LogP contribution in [0.2, 0.25) is 0 Å². The van der Waals surface area contributed by atoms with E-state index >= 15 is 0 Å². The quantitative estimate of drug-likeness (QED) is 0.526. The van der Waals surface area contributed by atoms with E-state index in [9.17, 15) is 4.79 Å². The molecule has 4 aromatic rings. The zero-order chi connectivity index (χ0) is 18.5. The van der Waals surface area contributed by atoms with Gasteiger partial charge >= 0.3 is 0 Å². The molecule has 27 heavy (non-hydrogen) atoms. The number of hydrogen-bond acceptors (Lipinski definition) is 3. The summed E-state index contributed by atoms with van der Waals surface area (Å²) in [6, 6.07) is 17.5. The summed E-state index contributed by atoms with van der Waals surface area (Å²) in [4.78, 5) is 16.6. The average Bonchev–Trinajstić information content (AvgIpc) is 3.36. The second-order valence-electron chi connectivity index (χ2n) is 6.25. The predicted octanol–water partition coefficient (Wildman–Crippen LogP) is 4.20. The van der Waals surface area contributed by atoms with Crippen molar-refractivity contribution in [1.82, 2.24) is 14.9 Å². The third-order valence-electron chi connectivity index (χ3n) is 4.40. The van der Waals surface area contributed by atoms with Crippen LogP contribution < -0.4 is 5.32 Å². The number of nitrogens with zero attached hydrogens (tertiary/aromatic N) is 2. The SMILES string of the molecule is O=C(/C=C/c1coc2ccccc12)NC(Cn1ccnc1)c1ccccc1. The first kappa shape index (κ1) is 16.8. The third-order valence-corrected chi connectivity index (χ3v) is 4.40. The van der Waals surface area contributed by atoms with Crippen LogP contribution in [0.25, 0.3) is 17.0 Å². The molecule has 0 bridgehead atoms. The van der Waals surface area contributed by atoms with E-state index < -0.39 is 0 Å². The second kappa shape index (κ2) is 7.74. The van der Waals surface area contributed by atoms with Gasteiger partial charge in [-0.3, -0.25) is 4.79 Å². The van der Waals surface area contributed by atoms with Gasteiger partial charge in [0.25, 0.3) is 0 Å². The summed E-state index contributed by atoms with van der Waals surface area (Å²) in [5.74, 6) is -0.158. The normalized spacial score (nSPS) is 12.4. The van der Waals surface area contributed by atoms with Crippen molar-refractivity contribution < 1.29 is 9.21 Å². The van der Waals surface area contributed by atoms with Crippen LogP contribution in [0.3, 0.4) is 0 Å². The number of benzene rings is 2. The molecular weight excluding hydrogens is 338 g/mol. The highest BCUT2D eigenvalue weighted by Crippen LogP contribution is 2.22. The van der Waals surface area contributed by atoms with Crippen molar-refractivity contribution in [1.29, 1.82) is 0 Å². The smallest absolute Gasteiger partial charge is 0.244 e. The van der Waals surface area contributed by atoms with E-state index in [0.29, 0.717) is 6.54 Å². The number of carbonyl (C=O) groups excluding carboxylic acids is 1.